The third-order valence-electron chi connectivity index (χ3n) is 4.79. The number of aryl methyl sites for hydroxylation is 1. The molecule has 0 radical (unpaired) electrons. The first kappa shape index (κ1) is 19.4. The van der Waals surface area contributed by atoms with Crippen molar-refractivity contribution in [1.82, 2.24) is 4.90 Å². The zero-order valence-corrected chi connectivity index (χ0v) is 17.0. The number of ketones is 1. The number of Topliss-reactive ketones (excluding diaryl/α,β-unsaturated/α-hetero) is 1. The van der Waals surface area contributed by atoms with Crippen molar-refractivity contribution in [3.05, 3.63) is 63.5 Å². The molecule has 1 amide bonds. The summed E-state index contributed by atoms with van der Waals surface area (Å²) in [5.74, 6) is -0.974. The van der Waals surface area contributed by atoms with Gasteiger partial charge < -0.3 is 14.4 Å². The lowest BCUT2D eigenvalue weighted by atomic mass is 9.98. The Morgan fingerprint density at radius 1 is 1.26 bits per heavy atom. The number of amides is 1. The zero-order valence-electron chi connectivity index (χ0n) is 15.4. The quantitative estimate of drug-likeness (QED) is 0.303. The number of halogens is 1. The van der Waals surface area contributed by atoms with Gasteiger partial charge in [-0.15, -0.1) is 0 Å². The predicted octanol–water partition coefficient (Wildman–Crippen LogP) is 4.96. The molecule has 0 saturated carbocycles. The first-order valence-corrected chi connectivity index (χ1v) is 9.83. The highest BCUT2D eigenvalue weighted by Crippen LogP contribution is 2.40. The van der Waals surface area contributed by atoms with Gasteiger partial charge in [-0.05, 0) is 43.2 Å². The average Bonchev–Trinajstić information content (AvgIpc) is 3.26. The van der Waals surface area contributed by atoms with Gasteiger partial charge in [0.1, 0.15) is 17.6 Å². The summed E-state index contributed by atoms with van der Waals surface area (Å²) in [4.78, 5) is 26.9. The number of unbranched alkanes of at least 4 members (excludes halogenated alkanes) is 2. The minimum absolute atomic E-state index is 0.0770. The fourth-order valence-electron chi connectivity index (χ4n) is 3.33. The molecule has 1 N–H and O–H groups in total. The van der Waals surface area contributed by atoms with Crippen LogP contribution in [0.15, 0.2) is 51.1 Å². The van der Waals surface area contributed by atoms with Crippen LogP contribution in [0.25, 0.3) is 5.76 Å². The molecule has 2 aromatic rings. The van der Waals surface area contributed by atoms with Gasteiger partial charge in [-0.1, -0.05) is 41.8 Å². The molecule has 3 rings (SSSR count). The van der Waals surface area contributed by atoms with E-state index in [4.69, 9.17) is 4.42 Å². The largest absolute Gasteiger partial charge is 0.507 e. The first-order chi connectivity index (χ1) is 13.0. The smallest absolute Gasteiger partial charge is 0.295 e. The van der Waals surface area contributed by atoms with Crippen molar-refractivity contribution in [3.8, 4) is 0 Å². The number of nitrogens with zero attached hydrogens (tertiary/aromatic N) is 1. The normalized spacial score (nSPS) is 19.1. The molecule has 1 aliphatic rings. The van der Waals surface area contributed by atoms with Crippen LogP contribution < -0.4 is 0 Å². The number of rotatable bonds is 6. The van der Waals surface area contributed by atoms with Gasteiger partial charge in [-0.3, -0.25) is 9.59 Å². The number of benzene rings is 1. The van der Waals surface area contributed by atoms with Crippen LogP contribution in [0.3, 0.4) is 0 Å². The SMILES string of the molecule is CCCCCN1C(=O)C(=O)/C(=C(\O)c2ccc(Br)c(C)c2)C1c1ccco1. The molecular formula is C21H22BrNO4. The van der Waals surface area contributed by atoms with Crippen LogP contribution in [0.5, 0.6) is 0 Å². The maximum absolute atomic E-state index is 12.8. The van der Waals surface area contributed by atoms with Crippen molar-refractivity contribution in [2.45, 2.75) is 39.2 Å². The van der Waals surface area contributed by atoms with Crippen molar-refractivity contribution in [3.63, 3.8) is 0 Å². The molecule has 1 aromatic heterocycles. The second kappa shape index (κ2) is 8.13. The van der Waals surface area contributed by atoms with E-state index in [-0.39, 0.29) is 11.3 Å². The van der Waals surface area contributed by atoms with Gasteiger partial charge in [0.25, 0.3) is 11.7 Å². The number of furan rings is 1. The average molecular weight is 432 g/mol. The molecule has 1 fully saturated rings. The van der Waals surface area contributed by atoms with E-state index in [1.54, 1.807) is 24.3 Å². The maximum Gasteiger partial charge on any atom is 0.295 e. The lowest BCUT2D eigenvalue weighted by Gasteiger charge is -2.23. The predicted molar refractivity (Wildman–Crippen MR) is 106 cm³/mol. The molecule has 1 saturated heterocycles. The third kappa shape index (κ3) is 3.72. The van der Waals surface area contributed by atoms with E-state index >= 15 is 0 Å². The summed E-state index contributed by atoms with van der Waals surface area (Å²) >= 11 is 3.43. The van der Waals surface area contributed by atoms with E-state index in [1.807, 2.05) is 13.0 Å². The molecule has 0 aliphatic carbocycles. The van der Waals surface area contributed by atoms with Crippen LogP contribution in [-0.2, 0) is 9.59 Å². The Morgan fingerprint density at radius 2 is 2.04 bits per heavy atom. The van der Waals surface area contributed by atoms with E-state index < -0.39 is 17.7 Å². The summed E-state index contributed by atoms with van der Waals surface area (Å²) < 4.78 is 6.42. The lowest BCUT2D eigenvalue weighted by molar-refractivity contribution is -0.140. The van der Waals surface area contributed by atoms with Gasteiger partial charge in [0, 0.05) is 16.6 Å². The van der Waals surface area contributed by atoms with Gasteiger partial charge in [0.15, 0.2) is 0 Å². The van der Waals surface area contributed by atoms with Crippen molar-refractivity contribution >= 4 is 33.4 Å². The fourth-order valence-corrected chi connectivity index (χ4v) is 3.58. The number of likely N-dealkylation sites (tertiary alicyclic amines) is 1. The van der Waals surface area contributed by atoms with E-state index in [2.05, 4.69) is 22.9 Å². The number of aliphatic hydroxyl groups is 1. The van der Waals surface area contributed by atoms with Crippen LogP contribution in [0.2, 0.25) is 0 Å². The summed E-state index contributed by atoms with van der Waals surface area (Å²) in [6.45, 7) is 4.42. The number of hydrogen-bond donors (Lipinski definition) is 1. The molecule has 1 aromatic carbocycles. The van der Waals surface area contributed by atoms with Gasteiger partial charge in [0.2, 0.25) is 0 Å². The summed E-state index contributed by atoms with van der Waals surface area (Å²) in [7, 11) is 0. The molecule has 1 unspecified atom stereocenters. The minimum atomic E-state index is -0.708. The van der Waals surface area contributed by atoms with E-state index in [0.717, 1.165) is 29.3 Å². The van der Waals surface area contributed by atoms with Crippen molar-refractivity contribution in [2.24, 2.45) is 0 Å². The Morgan fingerprint density at radius 3 is 2.67 bits per heavy atom. The van der Waals surface area contributed by atoms with E-state index in [1.165, 1.54) is 11.2 Å². The van der Waals surface area contributed by atoms with Crippen molar-refractivity contribution in [1.29, 1.82) is 0 Å². The van der Waals surface area contributed by atoms with Gasteiger partial charge in [-0.25, -0.2) is 0 Å². The maximum atomic E-state index is 12.8. The minimum Gasteiger partial charge on any atom is -0.507 e. The molecule has 6 heteroatoms. The Labute approximate surface area is 166 Å². The molecular weight excluding hydrogens is 410 g/mol. The molecule has 5 nitrogen and oxygen atoms in total. The van der Waals surface area contributed by atoms with E-state index in [9.17, 15) is 14.7 Å². The topological polar surface area (TPSA) is 70.8 Å². The number of carbonyl (C=O) groups is 2. The molecule has 0 spiro atoms. The zero-order chi connectivity index (χ0) is 19.6. The number of hydrogen-bond acceptors (Lipinski definition) is 4. The molecule has 0 bridgehead atoms. The molecule has 2 heterocycles. The molecule has 27 heavy (non-hydrogen) atoms. The monoisotopic (exact) mass is 431 g/mol. The van der Waals surface area contributed by atoms with Gasteiger partial charge in [0.05, 0.1) is 11.8 Å². The summed E-state index contributed by atoms with van der Waals surface area (Å²) in [5.41, 5.74) is 1.50. The molecule has 1 aliphatic heterocycles. The second-order valence-electron chi connectivity index (χ2n) is 6.68. The Kier molecular flexibility index (Phi) is 5.85. The van der Waals surface area contributed by atoms with Crippen LogP contribution in [0, 0.1) is 6.92 Å². The second-order valence-corrected chi connectivity index (χ2v) is 7.53. The first-order valence-electron chi connectivity index (χ1n) is 9.04. The van der Waals surface area contributed by atoms with Crippen LogP contribution in [0.4, 0.5) is 0 Å². The van der Waals surface area contributed by atoms with Gasteiger partial charge in [-0.2, -0.15) is 0 Å². The van der Waals surface area contributed by atoms with Gasteiger partial charge >= 0.3 is 0 Å². The van der Waals surface area contributed by atoms with E-state index in [0.29, 0.717) is 17.9 Å². The van der Waals surface area contributed by atoms with Crippen LogP contribution in [0.1, 0.15) is 49.1 Å². The highest BCUT2D eigenvalue weighted by molar-refractivity contribution is 9.10. The summed E-state index contributed by atoms with van der Waals surface area (Å²) in [6, 6.07) is 8.04. The van der Waals surface area contributed by atoms with Crippen molar-refractivity contribution in [2.75, 3.05) is 6.54 Å². The van der Waals surface area contributed by atoms with Crippen molar-refractivity contribution < 1.29 is 19.1 Å². The highest BCUT2D eigenvalue weighted by atomic mass is 79.9. The summed E-state index contributed by atoms with van der Waals surface area (Å²) in [5, 5.41) is 10.9. The molecule has 142 valence electrons. The Hall–Kier alpha value is -2.34. The van der Waals surface area contributed by atoms with Crippen LogP contribution >= 0.6 is 15.9 Å². The fraction of sp³-hybridized carbons (Fsp3) is 0.333. The molecule has 1 atom stereocenters. The third-order valence-corrected chi connectivity index (χ3v) is 5.68. The Bertz CT molecular complexity index is 886. The highest BCUT2D eigenvalue weighted by Gasteiger charge is 2.47. The van der Waals surface area contributed by atoms with Crippen LogP contribution in [-0.4, -0.2) is 28.2 Å². The lowest BCUT2D eigenvalue weighted by Crippen LogP contribution is -2.30. The number of aliphatic hydroxyl groups excluding tert-OH is 1. The summed E-state index contributed by atoms with van der Waals surface area (Å²) in [6.07, 6.45) is 4.26. The Balaban J connectivity index is 2.09. The standard InChI is InChI=1S/C21H22BrNO4/c1-3-4-5-10-23-18(16-7-6-11-27-16)17(20(25)21(23)26)19(24)14-8-9-15(22)13(2)12-14/h6-9,11-12,18,24H,3-5,10H2,1-2H3/b19-17-. The number of carbonyl (C=O) groups excluding carboxylic acids is 2.